The van der Waals surface area contributed by atoms with Gasteiger partial charge in [-0.15, -0.1) is 5.10 Å². The highest BCUT2D eigenvalue weighted by Gasteiger charge is 2.54. The van der Waals surface area contributed by atoms with Crippen LogP contribution in [0, 0.1) is 17.8 Å². The van der Waals surface area contributed by atoms with Crippen molar-refractivity contribution in [3.05, 3.63) is 72.1 Å². The number of ether oxygens (including phenoxy) is 6. The normalized spacial score (nSPS) is 28.4. The number of hydrogen-bond donors (Lipinski definition) is 11. The van der Waals surface area contributed by atoms with Gasteiger partial charge in [0.25, 0.3) is 30.4 Å². The summed E-state index contributed by atoms with van der Waals surface area (Å²) in [6.07, 6.45) is -12.9. The number of fused-ring (bicyclic) bond motifs is 1. The van der Waals surface area contributed by atoms with Crippen molar-refractivity contribution in [2.75, 3.05) is 18.5 Å². The van der Waals surface area contributed by atoms with Crippen molar-refractivity contribution in [2.24, 2.45) is 17.8 Å². The van der Waals surface area contributed by atoms with Crippen molar-refractivity contribution in [2.45, 2.75) is 198 Å². The SMILES string of the molecule is CCC1CC(C(=O)NCCCc2cn(CCCC(=O)Nc3cc(S(=O)(=O)O)cc4cc(S(=O)(=O)O)cc(S(=O)(=O)O)c34)nn2)CC(OC2OC(CO)C(O)C(O[C@@H](CC3CCCCC3)C(=O)O)C2OC(=O)c2ccccc2)C1OC1OC(C)C(O)C(O)C1O. The number of hydrogen-bond acceptors (Lipinski definition) is 23. The number of rotatable bonds is 26. The summed E-state index contributed by atoms with van der Waals surface area (Å²) in [7, 11) is -15.5. The molecular weight excluding hydrogens is 1240 g/mol. The van der Waals surface area contributed by atoms with E-state index in [1.807, 2.05) is 6.92 Å². The molecule has 4 aliphatic rings. The monoisotopic (exact) mass is 1310 g/mol. The van der Waals surface area contributed by atoms with E-state index in [-0.39, 0.29) is 56.7 Å². The van der Waals surface area contributed by atoms with Crippen LogP contribution in [0.2, 0.25) is 0 Å². The molecule has 0 bridgehead atoms. The lowest BCUT2D eigenvalue weighted by Crippen LogP contribution is -2.64. The highest BCUT2D eigenvalue weighted by molar-refractivity contribution is 7.87. The van der Waals surface area contributed by atoms with Gasteiger partial charge in [0.2, 0.25) is 11.8 Å². The van der Waals surface area contributed by atoms with Crippen LogP contribution in [0.3, 0.4) is 0 Å². The van der Waals surface area contributed by atoms with E-state index in [4.69, 9.17) is 28.4 Å². The third kappa shape index (κ3) is 17.5. The second-order valence-corrected chi connectivity index (χ2v) is 27.1. The van der Waals surface area contributed by atoms with Crippen LogP contribution in [0.5, 0.6) is 0 Å². The Morgan fingerprint density at radius 1 is 0.787 bits per heavy atom. The molecule has 4 fully saturated rings. The Morgan fingerprint density at radius 3 is 2.11 bits per heavy atom. The number of aliphatic carboxylic acids is 1. The van der Waals surface area contributed by atoms with E-state index in [2.05, 4.69) is 20.9 Å². The number of carboxylic acid groups (broad SMARTS) is 1. The van der Waals surface area contributed by atoms with Crippen LogP contribution >= 0.6 is 0 Å². The van der Waals surface area contributed by atoms with Crippen molar-refractivity contribution in [1.82, 2.24) is 20.3 Å². The number of amides is 2. The number of nitrogens with one attached hydrogen (secondary N) is 2. The number of carbonyl (C=O) groups is 4. The van der Waals surface area contributed by atoms with Crippen LogP contribution in [0.1, 0.15) is 107 Å². The van der Waals surface area contributed by atoms with E-state index in [1.54, 1.807) is 24.4 Å². The first-order valence-electron chi connectivity index (χ1n) is 29.1. The van der Waals surface area contributed by atoms with Crippen molar-refractivity contribution in [1.29, 1.82) is 0 Å². The molecule has 3 heterocycles. The number of aliphatic hydroxyl groups excluding tert-OH is 5. The molecule has 11 N–H and O–H groups in total. The molecule has 1 aromatic heterocycles. The molecule has 0 radical (unpaired) electrons. The topological polar surface area (TPSA) is 463 Å². The predicted molar refractivity (Wildman–Crippen MR) is 306 cm³/mol. The number of carbonyl (C=O) groups excluding carboxylic acids is 3. The summed E-state index contributed by atoms with van der Waals surface area (Å²) in [4.78, 5) is 51.3. The van der Waals surface area contributed by atoms with Gasteiger partial charge in [0, 0.05) is 37.0 Å². The summed E-state index contributed by atoms with van der Waals surface area (Å²) in [5.74, 6) is -4.89. The minimum atomic E-state index is -5.28. The quantitative estimate of drug-likeness (QED) is 0.0242. The predicted octanol–water partition coefficient (Wildman–Crippen LogP) is 1.79. The van der Waals surface area contributed by atoms with Gasteiger partial charge in [-0.05, 0) is 99.1 Å². The number of carboxylic acids is 1. The molecule has 33 heteroatoms. The van der Waals surface area contributed by atoms with Crippen molar-refractivity contribution in [3.63, 3.8) is 0 Å². The smallest absolute Gasteiger partial charge is 0.338 e. The van der Waals surface area contributed by atoms with Gasteiger partial charge in [-0.1, -0.05) is 68.9 Å². The minimum Gasteiger partial charge on any atom is -0.479 e. The van der Waals surface area contributed by atoms with Gasteiger partial charge in [-0.3, -0.25) is 27.9 Å². The Kier molecular flexibility index (Phi) is 23.1. The van der Waals surface area contributed by atoms with Crippen molar-refractivity contribution >= 4 is 70.6 Å². The molecule has 89 heavy (non-hydrogen) atoms. The summed E-state index contributed by atoms with van der Waals surface area (Å²) in [5, 5.41) is 77.8. The molecular formula is C56H75N5O25S3. The molecule has 30 nitrogen and oxygen atoms in total. The third-order valence-electron chi connectivity index (χ3n) is 16.6. The maximum Gasteiger partial charge on any atom is 0.338 e. The summed E-state index contributed by atoms with van der Waals surface area (Å²) in [6, 6.07) is 10.2. The number of aromatic nitrogens is 3. The zero-order valence-corrected chi connectivity index (χ0v) is 50.9. The lowest BCUT2D eigenvalue weighted by molar-refractivity contribution is -0.349. The highest BCUT2D eigenvalue weighted by Crippen LogP contribution is 2.41. The first kappa shape index (κ1) is 69.2. The molecule has 0 spiro atoms. The molecule has 2 amide bonds. The zero-order valence-electron chi connectivity index (χ0n) is 48.4. The highest BCUT2D eigenvalue weighted by atomic mass is 32.2. The summed E-state index contributed by atoms with van der Waals surface area (Å²) in [5.41, 5.74) is 0.0138. The maximum atomic E-state index is 14.3. The number of aryl methyl sites for hydroxylation is 2. The first-order valence-corrected chi connectivity index (χ1v) is 33.5. The van der Waals surface area contributed by atoms with E-state index in [9.17, 15) is 88.7 Å². The van der Waals surface area contributed by atoms with Gasteiger partial charge in [0.05, 0.1) is 51.7 Å². The molecule has 2 saturated carbocycles. The van der Waals surface area contributed by atoms with Crippen LogP contribution < -0.4 is 10.6 Å². The molecule has 4 aromatic rings. The van der Waals surface area contributed by atoms with E-state index in [0.29, 0.717) is 49.2 Å². The fraction of sp³-hybridized carbons (Fsp3) is 0.607. The Morgan fingerprint density at radius 2 is 1.47 bits per heavy atom. The maximum absolute atomic E-state index is 14.3. The van der Waals surface area contributed by atoms with Gasteiger partial charge in [0.15, 0.2) is 24.8 Å². The minimum absolute atomic E-state index is 0.0217. The molecule has 14 unspecified atom stereocenters. The van der Waals surface area contributed by atoms with Gasteiger partial charge in [-0.2, -0.15) is 25.3 Å². The second kappa shape index (κ2) is 29.7. The number of esters is 1. The van der Waals surface area contributed by atoms with Gasteiger partial charge in [0.1, 0.15) is 41.5 Å². The molecule has 15 atom stereocenters. The van der Waals surface area contributed by atoms with Gasteiger partial charge in [-0.25, -0.2) is 9.59 Å². The summed E-state index contributed by atoms with van der Waals surface area (Å²) in [6.45, 7) is 2.67. The first-order chi connectivity index (χ1) is 42.0. The average molecular weight is 1310 g/mol. The lowest BCUT2D eigenvalue weighted by Gasteiger charge is -2.48. The second-order valence-electron chi connectivity index (χ2n) is 22.8. The van der Waals surface area contributed by atoms with E-state index >= 15 is 0 Å². The van der Waals surface area contributed by atoms with Crippen molar-refractivity contribution in [3.8, 4) is 0 Å². The molecule has 2 aliphatic heterocycles. The molecule has 8 rings (SSSR count). The summed E-state index contributed by atoms with van der Waals surface area (Å²) >= 11 is 0. The number of nitrogens with zero attached hydrogens (tertiary/aromatic N) is 3. The number of aliphatic hydroxyl groups is 5. The number of benzene rings is 3. The lowest BCUT2D eigenvalue weighted by atomic mass is 9.75. The average Bonchev–Trinajstić information content (AvgIpc) is 1.04. The Labute approximate surface area is 512 Å². The van der Waals surface area contributed by atoms with Crippen LogP contribution in [0.25, 0.3) is 10.8 Å². The van der Waals surface area contributed by atoms with Crippen molar-refractivity contribution < 1.29 is 117 Å². The van der Waals surface area contributed by atoms with Gasteiger partial charge >= 0.3 is 11.9 Å². The zero-order chi connectivity index (χ0) is 64.7. The van der Waals surface area contributed by atoms with E-state index in [0.717, 1.165) is 32.1 Å². The molecule has 492 valence electrons. The Bertz CT molecular complexity index is 3480. The number of anilines is 1. The van der Waals surface area contributed by atoms with E-state index < -0.39 is 183 Å². The molecule has 2 aliphatic carbocycles. The largest absolute Gasteiger partial charge is 0.479 e. The van der Waals surface area contributed by atoms with Gasteiger partial charge < -0.3 is 69.7 Å². The Hall–Kier alpha value is -5.73. The fourth-order valence-corrected chi connectivity index (χ4v) is 13.8. The molecule has 2 saturated heterocycles. The standard InChI is InChI=1S/C56H75N5O25S3/c1-3-31-21-34(52(68)57-18-10-16-35-27-61(60-59-35)19-11-17-43(63)58-38-25-36(87(72,73)74)22-33-23-37(88(75,76)77)26-42(44(33)38)89(78,79)80)24-39(49(31)86-55-48(67)47(66)45(64)29(2)81-55)83-56-51(85-54(71)32-14-8-5-9-15-32)50(46(65)41(28-62)84-56)82-40(53(69)70)20-30-12-6-4-7-13-30/h5,8-9,14-15,22-23,25-27,29-31,34,39-41,45-51,55-56,62,64-67H,3-4,6-7,10-13,16-21,24,28H2,1-2H3,(H,57,68)(H,58,63)(H,69,70)(H,72,73,74)(H,75,76,77)(H,78,79,80)/t29?,31?,34?,39?,40-,41?,45?,46?,47?,48?,49?,50?,51?,55?,56?/m0/s1. The van der Waals surface area contributed by atoms with E-state index in [1.165, 1.54) is 23.7 Å². The summed E-state index contributed by atoms with van der Waals surface area (Å²) < 4.78 is 141. The van der Waals surface area contributed by atoms with Crippen LogP contribution in [0.15, 0.2) is 75.5 Å². The third-order valence-corrected chi connectivity index (χ3v) is 19.1. The van der Waals surface area contributed by atoms with Crippen LogP contribution in [0.4, 0.5) is 5.69 Å². The molecule has 3 aromatic carbocycles. The van der Waals surface area contributed by atoms with Crippen LogP contribution in [-0.2, 0) is 86.1 Å². The van der Waals surface area contributed by atoms with Crippen LogP contribution in [-0.4, -0.2) is 201 Å². The Balaban J connectivity index is 0.949. The fourth-order valence-electron chi connectivity index (χ4n) is 11.9.